The van der Waals surface area contributed by atoms with Crippen molar-refractivity contribution in [1.29, 1.82) is 0 Å². The number of rotatable bonds is 6. The van der Waals surface area contributed by atoms with Crippen LogP contribution in [0.3, 0.4) is 0 Å². The van der Waals surface area contributed by atoms with E-state index in [1.54, 1.807) is 0 Å². The minimum atomic E-state index is -2.67. The van der Waals surface area contributed by atoms with Crippen LogP contribution in [0.25, 0.3) is 0 Å². The first kappa shape index (κ1) is 15.4. The van der Waals surface area contributed by atoms with Crippen molar-refractivity contribution in [3.05, 3.63) is 11.4 Å². The topological polar surface area (TPSA) is 84.4 Å². The molecule has 1 heterocycles. The van der Waals surface area contributed by atoms with Crippen LogP contribution in [0.5, 0.6) is 0 Å². The molecule has 0 aliphatic heterocycles. The fourth-order valence-corrected chi connectivity index (χ4v) is 1.82. The van der Waals surface area contributed by atoms with E-state index in [1.165, 1.54) is 11.7 Å². The van der Waals surface area contributed by atoms with Crippen LogP contribution in [-0.4, -0.2) is 51.8 Å². The van der Waals surface area contributed by atoms with Gasteiger partial charge in [-0.15, -0.1) is 0 Å². The van der Waals surface area contributed by atoms with E-state index in [9.17, 15) is 13.6 Å². The number of aryl methyl sites for hydroxylation is 2. The first-order valence-electron chi connectivity index (χ1n) is 5.91. The number of amides is 1. The maximum Gasteiger partial charge on any atom is 0.274 e. The Balaban J connectivity index is 3.05. The summed E-state index contributed by atoms with van der Waals surface area (Å²) in [6, 6.07) is 0. The molecule has 0 aliphatic rings. The Kier molecular flexibility index (Phi) is 5.22. The number of aliphatic hydroxyl groups is 1. The number of nitrogen functional groups attached to an aromatic ring is 1. The van der Waals surface area contributed by atoms with Crippen LogP contribution < -0.4 is 5.73 Å². The maximum atomic E-state index is 12.4. The van der Waals surface area contributed by atoms with Crippen molar-refractivity contribution >= 4 is 11.6 Å². The van der Waals surface area contributed by atoms with Gasteiger partial charge in [-0.3, -0.25) is 9.48 Å². The summed E-state index contributed by atoms with van der Waals surface area (Å²) in [5.74, 6) is -0.651. The van der Waals surface area contributed by atoms with Crippen LogP contribution >= 0.6 is 0 Å². The molecule has 3 N–H and O–H groups in total. The number of hydrogen-bond donors (Lipinski definition) is 2. The van der Waals surface area contributed by atoms with E-state index in [-0.39, 0.29) is 17.9 Å². The number of anilines is 1. The minimum Gasteiger partial charge on any atom is -0.395 e. The lowest BCUT2D eigenvalue weighted by atomic mass is 10.2. The number of aliphatic hydroxyl groups excluding tert-OH is 1. The molecular weight excluding hydrogens is 258 g/mol. The van der Waals surface area contributed by atoms with E-state index in [0.29, 0.717) is 12.1 Å². The number of nitrogens with zero attached hydrogens (tertiary/aromatic N) is 3. The molecule has 0 saturated heterocycles. The molecule has 1 aromatic rings. The molecule has 0 fully saturated rings. The zero-order valence-electron chi connectivity index (χ0n) is 10.9. The summed E-state index contributed by atoms with van der Waals surface area (Å²) in [5, 5.41) is 12.9. The van der Waals surface area contributed by atoms with Crippen LogP contribution in [0.1, 0.15) is 23.1 Å². The number of hydrogen-bond acceptors (Lipinski definition) is 4. The first-order valence-corrected chi connectivity index (χ1v) is 5.91. The molecule has 0 aliphatic carbocycles. The summed E-state index contributed by atoms with van der Waals surface area (Å²) < 4.78 is 26.1. The Morgan fingerprint density at radius 2 is 2.21 bits per heavy atom. The average molecular weight is 276 g/mol. The normalized spacial score (nSPS) is 11.1. The average Bonchev–Trinajstić information content (AvgIpc) is 2.62. The van der Waals surface area contributed by atoms with E-state index in [0.717, 1.165) is 4.90 Å². The fraction of sp³-hybridized carbons (Fsp3) is 0.636. The predicted molar refractivity (Wildman–Crippen MR) is 66.0 cm³/mol. The van der Waals surface area contributed by atoms with Gasteiger partial charge in [0.1, 0.15) is 5.69 Å². The lowest BCUT2D eigenvalue weighted by Gasteiger charge is -2.21. The highest BCUT2D eigenvalue weighted by Gasteiger charge is 2.25. The molecule has 0 saturated carbocycles. The maximum absolute atomic E-state index is 12.4. The van der Waals surface area contributed by atoms with Crippen LogP contribution in [0.4, 0.5) is 14.5 Å². The summed E-state index contributed by atoms with van der Waals surface area (Å²) in [5.41, 5.74) is 6.62. The van der Waals surface area contributed by atoms with Crippen molar-refractivity contribution in [2.45, 2.75) is 19.8 Å². The van der Waals surface area contributed by atoms with Crippen LogP contribution in [-0.2, 0) is 13.5 Å². The van der Waals surface area contributed by atoms with E-state index in [4.69, 9.17) is 10.8 Å². The second-order valence-corrected chi connectivity index (χ2v) is 4.05. The van der Waals surface area contributed by atoms with Gasteiger partial charge in [-0.05, 0) is 6.42 Å². The highest BCUT2D eigenvalue weighted by atomic mass is 19.3. The van der Waals surface area contributed by atoms with Crippen LogP contribution in [0.15, 0.2) is 0 Å². The third kappa shape index (κ3) is 3.40. The standard InChI is InChI=1S/C11H18F2N4O2/c1-3-7-9(14)10(16(2)15-7)11(19)17(4-5-18)6-8(12)13/h8,18H,3-6,14H2,1-2H3. The number of halogens is 2. The van der Waals surface area contributed by atoms with Crippen molar-refractivity contribution < 1.29 is 18.7 Å². The number of carbonyl (C=O) groups is 1. The van der Waals surface area contributed by atoms with Gasteiger partial charge < -0.3 is 15.7 Å². The Bertz CT molecular complexity index is 448. The van der Waals surface area contributed by atoms with Gasteiger partial charge in [0, 0.05) is 13.6 Å². The summed E-state index contributed by atoms with van der Waals surface area (Å²) in [4.78, 5) is 13.1. The first-order chi connectivity index (χ1) is 8.92. The van der Waals surface area contributed by atoms with Crippen molar-refractivity contribution in [2.24, 2.45) is 7.05 Å². The number of aromatic nitrogens is 2. The summed E-state index contributed by atoms with van der Waals surface area (Å²) in [6.45, 7) is 0.523. The molecule has 108 valence electrons. The van der Waals surface area contributed by atoms with Gasteiger partial charge in [0.05, 0.1) is 24.5 Å². The van der Waals surface area contributed by atoms with Gasteiger partial charge in [0.2, 0.25) is 0 Å². The SMILES string of the molecule is CCc1nn(C)c(C(=O)N(CCO)CC(F)F)c1N. The lowest BCUT2D eigenvalue weighted by Crippen LogP contribution is -2.38. The summed E-state index contributed by atoms with van der Waals surface area (Å²) >= 11 is 0. The zero-order valence-corrected chi connectivity index (χ0v) is 10.9. The van der Waals surface area contributed by atoms with Crippen molar-refractivity contribution in [3.8, 4) is 0 Å². The fourth-order valence-electron chi connectivity index (χ4n) is 1.82. The quantitative estimate of drug-likeness (QED) is 0.781. The number of nitrogens with two attached hydrogens (primary N) is 1. The molecule has 0 atom stereocenters. The van der Waals surface area contributed by atoms with E-state index < -0.39 is 25.5 Å². The zero-order chi connectivity index (χ0) is 14.6. The number of carbonyl (C=O) groups excluding carboxylic acids is 1. The largest absolute Gasteiger partial charge is 0.395 e. The summed E-state index contributed by atoms with van der Waals surface area (Å²) in [6.07, 6.45) is -2.13. The van der Waals surface area contributed by atoms with Crippen molar-refractivity contribution in [2.75, 3.05) is 25.4 Å². The highest BCUT2D eigenvalue weighted by molar-refractivity contribution is 5.98. The van der Waals surface area contributed by atoms with Gasteiger partial charge in [0.25, 0.3) is 12.3 Å². The third-order valence-electron chi connectivity index (χ3n) is 2.71. The molecule has 0 unspecified atom stereocenters. The summed E-state index contributed by atoms with van der Waals surface area (Å²) in [7, 11) is 1.53. The monoisotopic (exact) mass is 276 g/mol. The third-order valence-corrected chi connectivity index (χ3v) is 2.71. The van der Waals surface area contributed by atoms with Gasteiger partial charge in [-0.25, -0.2) is 8.78 Å². The van der Waals surface area contributed by atoms with Crippen molar-refractivity contribution in [1.82, 2.24) is 14.7 Å². The molecular formula is C11H18F2N4O2. The van der Waals surface area contributed by atoms with Gasteiger partial charge in [-0.2, -0.15) is 5.10 Å². The van der Waals surface area contributed by atoms with Crippen LogP contribution in [0, 0.1) is 0 Å². The lowest BCUT2D eigenvalue weighted by molar-refractivity contribution is 0.0501. The Morgan fingerprint density at radius 1 is 1.58 bits per heavy atom. The van der Waals surface area contributed by atoms with Gasteiger partial charge in [-0.1, -0.05) is 6.92 Å². The Hall–Kier alpha value is -1.70. The van der Waals surface area contributed by atoms with Crippen LogP contribution in [0.2, 0.25) is 0 Å². The minimum absolute atomic E-state index is 0.0750. The second kappa shape index (κ2) is 6.46. The smallest absolute Gasteiger partial charge is 0.274 e. The van der Waals surface area contributed by atoms with Gasteiger partial charge >= 0.3 is 0 Å². The molecule has 1 rings (SSSR count). The number of alkyl halides is 2. The van der Waals surface area contributed by atoms with E-state index >= 15 is 0 Å². The molecule has 0 bridgehead atoms. The molecule has 8 heteroatoms. The molecule has 1 aromatic heterocycles. The Labute approximate surface area is 109 Å². The molecule has 0 spiro atoms. The van der Waals surface area contributed by atoms with Crippen molar-refractivity contribution in [3.63, 3.8) is 0 Å². The predicted octanol–water partition coefficient (Wildman–Crippen LogP) is 0.264. The molecule has 0 radical (unpaired) electrons. The Morgan fingerprint density at radius 3 is 2.63 bits per heavy atom. The molecule has 19 heavy (non-hydrogen) atoms. The molecule has 0 aromatic carbocycles. The molecule has 1 amide bonds. The van der Waals surface area contributed by atoms with Gasteiger partial charge in [0.15, 0.2) is 0 Å². The second-order valence-electron chi connectivity index (χ2n) is 4.05. The van der Waals surface area contributed by atoms with E-state index in [2.05, 4.69) is 5.10 Å². The van der Waals surface area contributed by atoms with E-state index in [1.807, 2.05) is 6.92 Å². The molecule has 6 nitrogen and oxygen atoms in total. The highest BCUT2D eigenvalue weighted by Crippen LogP contribution is 2.19.